The van der Waals surface area contributed by atoms with Crippen molar-refractivity contribution in [3.05, 3.63) is 413 Å². The summed E-state index contributed by atoms with van der Waals surface area (Å²) in [5.41, 5.74) is 29.5. The van der Waals surface area contributed by atoms with Gasteiger partial charge in [-0.15, -0.1) is 0 Å². The van der Waals surface area contributed by atoms with Crippen molar-refractivity contribution in [2.75, 3.05) is 0 Å². The van der Waals surface area contributed by atoms with E-state index in [4.69, 9.17) is 34.3 Å². The van der Waals surface area contributed by atoms with Gasteiger partial charge in [-0.3, -0.25) is 0 Å². The Morgan fingerprint density at radius 3 is 0.752 bits per heavy atom. The highest BCUT2D eigenvalue weighted by Crippen LogP contribution is 2.50. The van der Waals surface area contributed by atoms with Crippen LogP contribution in [0.2, 0.25) is 0 Å². The summed E-state index contributed by atoms with van der Waals surface area (Å²) in [5, 5.41) is 3.99. The van der Waals surface area contributed by atoms with Crippen molar-refractivity contribution < 1.29 is 4.42 Å². The zero-order valence-electron chi connectivity index (χ0n) is 63.8. The number of hydrogen-bond acceptors (Lipinski definition) is 7. The van der Waals surface area contributed by atoms with Gasteiger partial charge in [0.25, 0.3) is 0 Å². The Bertz CT molecular complexity index is 6820. The van der Waals surface area contributed by atoms with Crippen LogP contribution in [0.15, 0.2) is 417 Å². The van der Waals surface area contributed by atoms with Crippen LogP contribution in [0.25, 0.3) is 223 Å². The number of fused-ring (bicyclic) bond motifs is 7. The molecular formula is C109H71N7O. The quantitative estimate of drug-likeness (QED) is 0.0951. The van der Waals surface area contributed by atoms with E-state index < -0.39 is 0 Å². The molecule has 8 nitrogen and oxygen atoms in total. The molecule has 0 saturated heterocycles. The Hall–Kier alpha value is -15.6. The molecule has 0 atom stereocenters. The molecule has 0 saturated carbocycles. The molecule has 117 heavy (non-hydrogen) atoms. The number of rotatable bonds is 16. The summed E-state index contributed by atoms with van der Waals surface area (Å²) in [6.45, 7) is 0. The second-order valence-corrected chi connectivity index (χ2v) is 29.7. The molecule has 0 amide bonds. The Balaban J connectivity index is 0.793. The molecule has 21 aromatic rings. The lowest BCUT2D eigenvalue weighted by atomic mass is 9.93. The monoisotopic (exact) mass is 1490 g/mol. The first-order chi connectivity index (χ1) is 57.9. The van der Waals surface area contributed by atoms with Crippen molar-refractivity contribution in [3.63, 3.8) is 0 Å². The number of para-hydroxylation sites is 2. The minimum atomic E-state index is 0.518. The molecule has 0 aliphatic carbocycles. The van der Waals surface area contributed by atoms with E-state index in [-0.39, 0.29) is 0 Å². The van der Waals surface area contributed by atoms with Crippen molar-refractivity contribution in [1.82, 2.24) is 34.5 Å². The summed E-state index contributed by atoms with van der Waals surface area (Å²) in [7, 11) is 2.19. The van der Waals surface area contributed by atoms with E-state index in [1.54, 1.807) is 0 Å². The maximum absolute atomic E-state index is 7.21. The van der Waals surface area contributed by atoms with E-state index in [0.717, 1.165) is 188 Å². The number of aromatic nitrogens is 7. The van der Waals surface area contributed by atoms with E-state index in [9.17, 15) is 0 Å². The molecule has 0 bridgehead atoms. The summed E-state index contributed by atoms with van der Waals surface area (Å²) in [5.74, 6) is 3.19. The molecule has 4 heterocycles. The Labute approximate surface area is 677 Å². The highest BCUT2D eigenvalue weighted by molar-refractivity contribution is 6.28. The average molecular weight is 1490 g/mol. The van der Waals surface area contributed by atoms with E-state index in [2.05, 4.69) is 418 Å². The van der Waals surface area contributed by atoms with E-state index in [1.165, 1.54) is 0 Å². The first-order valence-electron chi connectivity index (χ1n) is 39.5. The topological polar surface area (TPSA) is 95.4 Å². The van der Waals surface area contributed by atoms with Crippen LogP contribution in [0.3, 0.4) is 0 Å². The molecule has 21 rings (SSSR count). The zero-order valence-corrected chi connectivity index (χ0v) is 63.8. The van der Waals surface area contributed by atoms with Crippen LogP contribution in [-0.2, 0) is 7.05 Å². The van der Waals surface area contributed by atoms with Gasteiger partial charge in [0.2, 0.25) is 0 Å². The first kappa shape index (κ1) is 69.3. The molecule has 17 aromatic carbocycles. The third kappa shape index (κ3) is 13.2. The SMILES string of the molecule is Cn1c2c(-c3ccccc3-c3nc(-c4cc(-c5ccccc5)cc(-c5ccccc5)c4)nc(-c4cc(-c5ccccc5)cc(-c5ccccc5)c4)n3)cccc2c2c3oc4ccccc4c3cc(-c3ccccc3-c3nc(-c4cc(-c5ccccc5)cc(-c5ccccc5)c4)nc(-c4cc(-c5ccccc5)cc(-c5ccccc5)c4)n3)c21. The van der Waals surface area contributed by atoms with Gasteiger partial charge in [0, 0.05) is 67.7 Å². The molecule has 0 aliphatic heterocycles. The van der Waals surface area contributed by atoms with Gasteiger partial charge < -0.3 is 8.98 Å². The minimum Gasteiger partial charge on any atom is -0.455 e. The molecule has 548 valence electrons. The lowest BCUT2D eigenvalue weighted by Gasteiger charge is -2.16. The van der Waals surface area contributed by atoms with Gasteiger partial charge in [-0.25, -0.2) is 29.9 Å². The Morgan fingerprint density at radius 2 is 0.427 bits per heavy atom. The number of benzene rings is 17. The number of nitrogens with zero attached hydrogens (tertiary/aromatic N) is 7. The summed E-state index contributed by atoms with van der Waals surface area (Å²) >= 11 is 0. The van der Waals surface area contributed by atoms with Crippen LogP contribution in [-0.4, -0.2) is 34.5 Å². The number of aryl methyl sites for hydroxylation is 1. The van der Waals surface area contributed by atoms with Crippen molar-refractivity contribution in [2.24, 2.45) is 7.05 Å². The molecule has 8 heteroatoms. The predicted octanol–water partition coefficient (Wildman–Crippen LogP) is 28.3. The fraction of sp³-hybridized carbons (Fsp3) is 0.00917. The third-order valence-electron chi connectivity index (χ3n) is 22.4. The summed E-state index contributed by atoms with van der Waals surface area (Å²) in [4.78, 5) is 34.0. The highest BCUT2D eigenvalue weighted by Gasteiger charge is 2.28. The van der Waals surface area contributed by atoms with Crippen molar-refractivity contribution in [3.8, 4) is 180 Å². The fourth-order valence-electron chi connectivity index (χ4n) is 16.8. The second kappa shape index (κ2) is 29.8. The molecular weight excluding hydrogens is 1420 g/mol. The number of furan rings is 1. The maximum Gasteiger partial charge on any atom is 0.164 e. The first-order valence-corrected chi connectivity index (χ1v) is 39.5. The lowest BCUT2D eigenvalue weighted by Crippen LogP contribution is -2.02. The van der Waals surface area contributed by atoms with Gasteiger partial charge in [0.05, 0.1) is 16.4 Å². The van der Waals surface area contributed by atoms with Gasteiger partial charge in [-0.1, -0.05) is 328 Å². The molecule has 0 spiro atoms. The summed E-state index contributed by atoms with van der Waals surface area (Å²) in [6, 6.07) is 146. The van der Waals surface area contributed by atoms with E-state index in [1.807, 2.05) is 6.07 Å². The zero-order chi connectivity index (χ0) is 77.7. The molecule has 0 radical (unpaired) electrons. The van der Waals surface area contributed by atoms with E-state index >= 15 is 0 Å². The number of hydrogen-bond donors (Lipinski definition) is 0. The van der Waals surface area contributed by atoms with Crippen LogP contribution >= 0.6 is 0 Å². The van der Waals surface area contributed by atoms with Gasteiger partial charge in [0.15, 0.2) is 34.9 Å². The van der Waals surface area contributed by atoms with Crippen LogP contribution in [0, 0.1) is 0 Å². The van der Waals surface area contributed by atoms with Gasteiger partial charge in [-0.2, -0.15) is 0 Å². The Morgan fingerprint density at radius 1 is 0.179 bits per heavy atom. The molecule has 0 N–H and O–H groups in total. The minimum absolute atomic E-state index is 0.518. The second-order valence-electron chi connectivity index (χ2n) is 29.7. The molecule has 0 fully saturated rings. The third-order valence-corrected chi connectivity index (χ3v) is 22.4. The maximum atomic E-state index is 7.21. The van der Waals surface area contributed by atoms with Crippen LogP contribution in [0.5, 0.6) is 0 Å². The molecule has 4 aromatic heterocycles. The fourth-order valence-corrected chi connectivity index (χ4v) is 16.8. The standard InChI is InChI=1S/C109H71N7O/c1-116-101-93(90-49-26-28-52-94(90)108-112-104(86-61-78(70-33-10-2-11-34-70)57-79(62-86)71-35-12-3-13-36-71)110-105(113-108)87-63-80(72-37-14-4-15-38-72)58-81(64-87)73-39-16-5-17-40-73)54-32-55-96(101)100-102(116)97(69-98-92-51-30-31-56-99(92)117-103(98)100)91-50-27-29-53-95(91)109-114-106(88-65-82(74-41-18-6-19-42-74)59-83(66-88)75-43-20-7-21-44-75)111-107(115-109)89-67-84(76-45-22-8-23-46-76)60-85(68-89)77-47-24-9-25-48-77/h2-69H,1H3. The Kier molecular flexibility index (Phi) is 17.7. The van der Waals surface area contributed by atoms with Crippen LogP contribution in [0.4, 0.5) is 0 Å². The molecule has 0 unspecified atom stereocenters. The summed E-state index contributed by atoms with van der Waals surface area (Å²) in [6.07, 6.45) is 0. The van der Waals surface area contributed by atoms with Gasteiger partial charge in [-0.05, 0) is 185 Å². The lowest BCUT2D eigenvalue weighted by molar-refractivity contribution is 0.673. The molecule has 0 aliphatic rings. The normalized spacial score (nSPS) is 11.5. The van der Waals surface area contributed by atoms with Crippen molar-refractivity contribution in [2.45, 2.75) is 0 Å². The predicted molar refractivity (Wildman–Crippen MR) is 481 cm³/mol. The van der Waals surface area contributed by atoms with Crippen molar-refractivity contribution >= 4 is 43.7 Å². The van der Waals surface area contributed by atoms with Crippen molar-refractivity contribution in [1.29, 1.82) is 0 Å². The van der Waals surface area contributed by atoms with Crippen LogP contribution < -0.4 is 0 Å². The van der Waals surface area contributed by atoms with Crippen LogP contribution in [0.1, 0.15) is 0 Å². The summed E-state index contributed by atoms with van der Waals surface area (Å²) < 4.78 is 9.58. The van der Waals surface area contributed by atoms with E-state index in [0.29, 0.717) is 34.9 Å². The highest BCUT2D eigenvalue weighted by atomic mass is 16.3. The van der Waals surface area contributed by atoms with Gasteiger partial charge >= 0.3 is 0 Å². The largest absolute Gasteiger partial charge is 0.455 e. The van der Waals surface area contributed by atoms with Gasteiger partial charge in [0.1, 0.15) is 11.2 Å². The average Bonchev–Trinajstić information content (AvgIpc) is 1.55. The smallest absolute Gasteiger partial charge is 0.164 e.